The maximum absolute atomic E-state index is 12.9. The molecule has 2 N–H and O–H groups in total. The Kier molecular flexibility index (Phi) is 5.12. The number of halogens is 1. The van der Waals surface area contributed by atoms with Gasteiger partial charge in [0.25, 0.3) is 0 Å². The van der Waals surface area contributed by atoms with E-state index in [2.05, 4.69) is 6.92 Å². The Morgan fingerprint density at radius 1 is 1.35 bits per heavy atom. The summed E-state index contributed by atoms with van der Waals surface area (Å²) < 4.78 is 12.9. The molecule has 0 spiro atoms. The first-order chi connectivity index (χ1) is 9.60. The third-order valence-corrected chi connectivity index (χ3v) is 4.18. The van der Waals surface area contributed by atoms with Crippen molar-refractivity contribution in [2.24, 2.45) is 11.7 Å². The number of carbonyl (C=O) groups is 1. The van der Waals surface area contributed by atoms with Gasteiger partial charge in [-0.15, -0.1) is 0 Å². The maximum atomic E-state index is 12.9. The van der Waals surface area contributed by atoms with Crippen molar-refractivity contribution in [2.45, 2.75) is 32.1 Å². The van der Waals surface area contributed by atoms with E-state index in [0.717, 1.165) is 31.5 Å². The van der Waals surface area contributed by atoms with Crippen molar-refractivity contribution in [3.05, 3.63) is 35.6 Å². The number of piperidine rings is 1. The van der Waals surface area contributed by atoms with Gasteiger partial charge in [-0.2, -0.15) is 0 Å². The summed E-state index contributed by atoms with van der Waals surface area (Å²) in [5.74, 6) is 0.585. The van der Waals surface area contributed by atoms with Crippen LogP contribution in [0.2, 0.25) is 0 Å². The number of carbonyl (C=O) groups excluding carboxylic acids is 1. The molecule has 1 amide bonds. The second-order valence-corrected chi connectivity index (χ2v) is 5.75. The highest BCUT2D eigenvalue weighted by atomic mass is 19.1. The lowest BCUT2D eigenvalue weighted by Crippen LogP contribution is -2.39. The molecule has 0 bridgehead atoms. The van der Waals surface area contributed by atoms with Gasteiger partial charge in [-0.05, 0) is 43.0 Å². The zero-order valence-corrected chi connectivity index (χ0v) is 12.0. The van der Waals surface area contributed by atoms with Crippen molar-refractivity contribution in [2.75, 3.05) is 19.6 Å². The Hall–Kier alpha value is -1.42. The molecule has 0 radical (unpaired) electrons. The van der Waals surface area contributed by atoms with Gasteiger partial charge in [0, 0.05) is 25.4 Å². The second kappa shape index (κ2) is 6.84. The molecule has 1 aromatic rings. The summed E-state index contributed by atoms with van der Waals surface area (Å²) in [7, 11) is 0. The highest BCUT2D eigenvalue weighted by Crippen LogP contribution is 2.22. The van der Waals surface area contributed by atoms with Crippen LogP contribution in [-0.2, 0) is 4.79 Å². The van der Waals surface area contributed by atoms with Gasteiger partial charge in [-0.25, -0.2) is 4.39 Å². The van der Waals surface area contributed by atoms with Crippen LogP contribution in [0, 0.1) is 11.7 Å². The molecule has 1 heterocycles. The summed E-state index contributed by atoms with van der Waals surface area (Å²) in [6, 6.07) is 6.28. The Morgan fingerprint density at radius 2 is 1.95 bits per heavy atom. The summed E-state index contributed by atoms with van der Waals surface area (Å²) in [5.41, 5.74) is 6.72. The summed E-state index contributed by atoms with van der Waals surface area (Å²) >= 11 is 0. The predicted octanol–water partition coefficient (Wildman–Crippen LogP) is 2.52. The summed E-state index contributed by atoms with van der Waals surface area (Å²) in [4.78, 5) is 14.2. The van der Waals surface area contributed by atoms with Crippen LogP contribution in [0.4, 0.5) is 4.39 Å². The maximum Gasteiger partial charge on any atom is 0.223 e. The van der Waals surface area contributed by atoms with E-state index < -0.39 is 0 Å². The van der Waals surface area contributed by atoms with Gasteiger partial charge in [-0.3, -0.25) is 4.79 Å². The highest BCUT2D eigenvalue weighted by Gasteiger charge is 2.23. The molecule has 0 aliphatic carbocycles. The summed E-state index contributed by atoms with van der Waals surface area (Å²) in [5, 5.41) is 0. The van der Waals surface area contributed by atoms with Crippen molar-refractivity contribution in [1.29, 1.82) is 0 Å². The van der Waals surface area contributed by atoms with E-state index in [1.165, 1.54) is 12.1 Å². The molecule has 1 atom stereocenters. The normalized spacial score (nSPS) is 18.1. The third-order valence-electron chi connectivity index (χ3n) is 4.18. The molecule has 0 saturated carbocycles. The van der Waals surface area contributed by atoms with Gasteiger partial charge in [0.15, 0.2) is 0 Å². The topological polar surface area (TPSA) is 46.3 Å². The van der Waals surface area contributed by atoms with Gasteiger partial charge in [-0.1, -0.05) is 19.1 Å². The molecule has 1 aliphatic heterocycles. The van der Waals surface area contributed by atoms with E-state index in [1.807, 2.05) is 4.90 Å². The van der Waals surface area contributed by atoms with E-state index in [4.69, 9.17) is 5.73 Å². The van der Waals surface area contributed by atoms with Crippen LogP contribution in [0.15, 0.2) is 24.3 Å². The predicted molar refractivity (Wildman–Crippen MR) is 77.8 cm³/mol. The van der Waals surface area contributed by atoms with Crippen LogP contribution in [0.3, 0.4) is 0 Å². The lowest BCUT2D eigenvalue weighted by Gasteiger charge is -2.31. The first-order valence-electron chi connectivity index (χ1n) is 7.33. The fourth-order valence-corrected chi connectivity index (χ4v) is 2.67. The van der Waals surface area contributed by atoms with E-state index >= 15 is 0 Å². The standard InChI is InChI=1S/C16H23FN2O/c1-12-6-8-19(9-7-12)16(20)10-14(11-18)13-2-4-15(17)5-3-13/h2-5,12,14H,6-11,18H2,1H3. The Labute approximate surface area is 120 Å². The van der Waals surface area contributed by atoms with Gasteiger partial charge in [0.1, 0.15) is 5.82 Å². The first-order valence-corrected chi connectivity index (χ1v) is 7.33. The Bertz CT molecular complexity index is 438. The molecular formula is C16H23FN2O. The Balaban J connectivity index is 1.95. The minimum atomic E-state index is -0.263. The average Bonchev–Trinajstić information content (AvgIpc) is 2.46. The van der Waals surface area contributed by atoms with Gasteiger partial charge in [0.2, 0.25) is 5.91 Å². The SMILES string of the molecule is CC1CCN(C(=O)CC(CN)c2ccc(F)cc2)CC1. The van der Waals surface area contributed by atoms with E-state index in [-0.39, 0.29) is 17.6 Å². The number of hydrogen-bond acceptors (Lipinski definition) is 2. The van der Waals surface area contributed by atoms with Gasteiger partial charge in [0.05, 0.1) is 0 Å². The van der Waals surface area contributed by atoms with Crippen molar-refractivity contribution >= 4 is 5.91 Å². The zero-order valence-electron chi connectivity index (χ0n) is 12.0. The lowest BCUT2D eigenvalue weighted by atomic mass is 9.94. The van der Waals surface area contributed by atoms with Crippen molar-refractivity contribution in [3.63, 3.8) is 0 Å². The van der Waals surface area contributed by atoms with E-state index in [0.29, 0.717) is 18.9 Å². The largest absolute Gasteiger partial charge is 0.343 e. The number of nitrogens with zero attached hydrogens (tertiary/aromatic N) is 1. The number of likely N-dealkylation sites (tertiary alicyclic amines) is 1. The summed E-state index contributed by atoms with van der Waals surface area (Å²) in [6.45, 7) is 4.33. The molecule has 1 aromatic carbocycles. The molecule has 4 heteroatoms. The zero-order chi connectivity index (χ0) is 14.5. The van der Waals surface area contributed by atoms with Gasteiger partial charge < -0.3 is 10.6 Å². The van der Waals surface area contributed by atoms with Crippen molar-refractivity contribution < 1.29 is 9.18 Å². The van der Waals surface area contributed by atoms with Crippen LogP contribution in [0.1, 0.15) is 37.7 Å². The number of rotatable bonds is 4. The molecule has 0 aromatic heterocycles. The number of benzene rings is 1. The third kappa shape index (κ3) is 3.79. The number of nitrogens with two attached hydrogens (primary N) is 1. The van der Waals surface area contributed by atoms with Crippen LogP contribution in [-0.4, -0.2) is 30.4 Å². The quantitative estimate of drug-likeness (QED) is 0.920. The molecular weight excluding hydrogens is 255 g/mol. The monoisotopic (exact) mass is 278 g/mol. The minimum Gasteiger partial charge on any atom is -0.343 e. The molecule has 3 nitrogen and oxygen atoms in total. The molecule has 1 aliphatic rings. The molecule has 1 fully saturated rings. The van der Waals surface area contributed by atoms with Gasteiger partial charge >= 0.3 is 0 Å². The average molecular weight is 278 g/mol. The van der Waals surface area contributed by atoms with Crippen LogP contribution in [0.25, 0.3) is 0 Å². The molecule has 1 saturated heterocycles. The van der Waals surface area contributed by atoms with Crippen LogP contribution in [0.5, 0.6) is 0 Å². The molecule has 1 unspecified atom stereocenters. The van der Waals surface area contributed by atoms with Crippen molar-refractivity contribution in [3.8, 4) is 0 Å². The highest BCUT2D eigenvalue weighted by molar-refractivity contribution is 5.77. The fraction of sp³-hybridized carbons (Fsp3) is 0.562. The van der Waals surface area contributed by atoms with Crippen LogP contribution < -0.4 is 5.73 Å². The van der Waals surface area contributed by atoms with E-state index in [1.54, 1.807) is 12.1 Å². The first kappa shape index (κ1) is 15.0. The fourth-order valence-electron chi connectivity index (χ4n) is 2.67. The second-order valence-electron chi connectivity index (χ2n) is 5.75. The summed E-state index contributed by atoms with van der Waals surface area (Å²) in [6.07, 6.45) is 2.57. The number of hydrogen-bond donors (Lipinski definition) is 1. The Morgan fingerprint density at radius 3 is 2.50 bits per heavy atom. The molecule has 20 heavy (non-hydrogen) atoms. The van der Waals surface area contributed by atoms with E-state index in [9.17, 15) is 9.18 Å². The van der Waals surface area contributed by atoms with Crippen molar-refractivity contribution in [1.82, 2.24) is 4.90 Å². The van der Waals surface area contributed by atoms with Crippen LogP contribution >= 0.6 is 0 Å². The minimum absolute atomic E-state index is 0.0255. The number of amides is 1. The lowest BCUT2D eigenvalue weighted by molar-refractivity contribution is -0.132. The molecule has 110 valence electrons. The molecule has 2 rings (SSSR count). The smallest absolute Gasteiger partial charge is 0.223 e.